The summed E-state index contributed by atoms with van der Waals surface area (Å²) in [7, 11) is 0. The Morgan fingerprint density at radius 1 is 1.00 bits per heavy atom. The Bertz CT molecular complexity index is 910. The second-order valence-corrected chi connectivity index (χ2v) is 7.12. The van der Waals surface area contributed by atoms with Crippen LogP contribution in [0.15, 0.2) is 42.7 Å². The molecular weight excluding hydrogens is 426 g/mol. The van der Waals surface area contributed by atoms with E-state index in [0.717, 1.165) is 31.0 Å². The molecule has 1 fully saturated rings. The molecule has 3 nitrogen and oxygen atoms in total. The topological polar surface area (TPSA) is 27.7 Å². The average molecular weight is 446 g/mol. The zero-order chi connectivity index (χ0) is 22.6. The molecule has 0 saturated carbocycles. The Balaban J connectivity index is 1.76. The molecule has 31 heavy (non-hydrogen) atoms. The number of ether oxygens (including phenoxy) is 3. The molecule has 0 bridgehead atoms. The van der Waals surface area contributed by atoms with Crippen molar-refractivity contribution in [2.75, 3.05) is 13.2 Å². The van der Waals surface area contributed by atoms with Gasteiger partial charge >= 0.3 is 6.18 Å². The highest BCUT2D eigenvalue weighted by molar-refractivity contribution is 5.66. The Morgan fingerprint density at radius 2 is 1.65 bits per heavy atom. The molecule has 0 atom stereocenters. The van der Waals surface area contributed by atoms with E-state index < -0.39 is 35.7 Å². The molecule has 0 spiro atoms. The molecule has 0 aliphatic carbocycles. The summed E-state index contributed by atoms with van der Waals surface area (Å²) in [5, 5.41) is 0. The molecule has 0 N–H and O–H groups in total. The first-order valence-corrected chi connectivity index (χ1v) is 9.61. The lowest BCUT2D eigenvalue weighted by Crippen LogP contribution is -2.27. The van der Waals surface area contributed by atoms with Crippen molar-refractivity contribution in [1.29, 1.82) is 0 Å². The molecule has 9 heteroatoms. The third-order valence-corrected chi connectivity index (χ3v) is 4.68. The van der Waals surface area contributed by atoms with Crippen molar-refractivity contribution in [3.8, 4) is 16.9 Å². The highest BCUT2D eigenvalue weighted by atomic mass is 19.4. The van der Waals surface area contributed by atoms with Crippen molar-refractivity contribution in [3.63, 3.8) is 0 Å². The van der Waals surface area contributed by atoms with E-state index in [4.69, 9.17) is 9.47 Å². The first-order valence-electron chi connectivity index (χ1n) is 9.61. The van der Waals surface area contributed by atoms with E-state index in [1.807, 2.05) is 0 Å². The number of benzene rings is 2. The van der Waals surface area contributed by atoms with Gasteiger partial charge in [0.1, 0.15) is 5.82 Å². The van der Waals surface area contributed by atoms with E-state index in [1.54, 1.807) is 0 Å². The second kappa shape index (κ2) is 9.74. The quantitative estimate of drug-likeness (QED) is 0.366. The smallest absolute Gasteiger partial charge is 0.412 e. The molecule has 1 saturated heterocycles. The molecule has 1 aliphatic rings. The summed E-state index contributed by atoms with van der Waals surface area (Å²) in [6.45, 7) is 3.04. The van der Waals surface area contributed by atoms with Gasteiger partial charge in [-0.25, -0.2) is 13.2 Å². The number of rotatable bonds is 6. The van der Waals surface area contributed by atoms with Gasteiger partial charge in [-0.3, -0.25) is 0 Å². The highest BCUT2D eigenvalue weighted by Gasteiger charge is 2.25. The Labute approximate surface area is 175 Å². The summed E-state index contributed by atoms with van der Waals surface area (Å²) in [5.41, 5.74) is 0.188. The standard InChI is InChI=1S/C22H20F6O3/c1-2-3-13-11-30-21(31-12-13)14-4-5-16(17(23)8-14)15-9-18(24)20(19(25)10-15)29-7-6-22(26,27)28/h4-10,13,21H,2-3,11-12H2,1H3. The molecule has 2 aromatic rings. The lowest BCUT2D eigenvalue weighted by atomic mass is 10.0. The fourth-order valence-electron chi connectivity index (χ4n) is 3.23. The molecule has 0 aromatic heterocycles. The molecule has 2 aromatic carbocycles. The summed E-state index contributed by atoms with van der Waals surface area (Å²) in [5.74, 6) is -4.04. The second-order valence-electron chi connectivity index (χ2n) is 7.12. The van der Waals surface area contributed by atoms with Crippen LogP contribution in [0.4, 0.5) is 26.3 Å². The van der Waals surface area contributed by atoms with Crippen LogP contribution in [-0.4, -0.2) is 19.4 Å². The van der Waals surface area contributed by atoms with E-state index in [1.165, 1.54) is 12.1 Å². The average Bonchev–Trinajstić information content (AvgIpc) is 2.70. The largest absolute Gasteiger partial charge is 0.459 e. The minimum atomic E-state index is -4.69. The van der Waals surface area contributed by atoms with Gasteiger partial charge in [0.2, 0.25) is 0 Å². The number of allylic oxidation sites excluding steroid dienone is 1. The van der Waals surface area contributed by atoms with Crippen molar-refractivity contribution >= 4 is 0 Å². The van der Waals surface area contributed by atoms with Crippen molar-refractivity contribution < 1.29 is 40.6 Å². The third-order valence-electron chi connectivity index (χ3n) is 4.68. The van der Waals surface area contributed by atoms with Crippen molar-refractivity contribution in [2.24, 2.45) is 5.92 Å². The van der Waals surface area contributed by atoms with E-state index in [-0.39, 0.29) is 29.4 Å². The molecule has 1 aliphatic heterocycles. The number of halogens is 6. The third kappa shape index (κ3) is 6.01. The van der Waals surface area contributed by atoms with Crippen molar-refractivity contribution in [2.45, 2.75) is 32.2 Å². The van der Waals surface area contributed by atoms with Crippen LogP contribution in [0.3, 0.4) is 0 Å². The van der Waals surface area contributed by atoms with E-state index in [9.17, 15) is 26.3 Å². The molecule has 3 rings (SSSR count). The van der Waals surface area contributed by atoms with Crippen LogP contribution in [0.1, 0.15) is 31.6 Å². The Hall–Kier alpha value is -2.52. The predicted molar refractivity (Wildman–Crippen MR) is 101 cm³/mol. The maximum absolute atomic E-state index is 14.7. The highest BCUT2D eigenvalue weighted by Crippen LogP contribution is 2.33. The SMILES string of the molecule is CCCC1COC(c2ccc(-c3cc(F)c(OC=CC(F)(F)F)c(F)c3)c(F)c2)OC1. The minimum absolute atomic E-state index is 0.0985. The molecule has 0 radical (unpaired) electrons. The normalized spacial score (nSPS) is 19.7. The van der Waals surface area contributed by atoms with Gasteiger partial charge in [-0.05, 0) is 30.2 Å². The number of alkyl halides is 3. The number of hydrogen-bond donors (Lipinski definition) is 0. The summed E-state index contributed by atoms with van der Waals surface area (Å²) < 4.78 is 95.0. The van der Waals surface area contributed by atoms with Crippen LogP contribution >= 0.6 is 0 Å². The predicted octanol–water partition coefficient (Wildman–Crippen LogP) is 6.69. The molecule has 0 amide bonds. The first kappa shape index (κ1) is 23.1. The molecule has 1 heterocycles. The van der Waals surface area contributed by atoms with Gasteiger partial charge in [-0.1, -0.05) is 25.5 Å². The van der Waals surface area contributed by atoms with Gasteiger partial charge in [0.15, 0.2) is 23.7 Å². The fourth-order valence-corrected chi connectivity index (χ4v) is 3.23. The van der Waals surface area contributed by atoms with Gasteiger partial charge in [0, 0.05) is 17.0 Å². The monoisotopic (exact) mass is 446 g/mol. The van der Waals surface area contributed by atoms with Crippen LogP contribution in [0, 0.1) is 23.4 Å². The minimum Gasteiger partial charge on any atom is -0.459 e. The van der Waals surface area contributed by atoms with Crippen LogP contribution < -0.4 is 4.74 Å². The van der Waals surface area contributed by atoms with Crippen molar-refractivity contribution in [3.05, 3.63) is 65.7 Å². The van der Waals surface area contributed by atoms with Crippen LogP contribution in [0.2, 0.25) is 0 Å². The maximum atomic E-state index is 14.7. The van der Waals surface area contributed by atoms with Gasteiger partial charge in [0.05, 0.1) is 25.6 Å². The van der Waals surface area contributed by atoms with E-state index >= 15 is 0 Å². The van der Waals surface area contributed by atoms with E-state index in [0.29, 0.717) is 18.8 Å². The molecule has 168 valence electrons. The summed E-state index contributed by atoms with van der Waals surface area (Å²) >= 11 is 0. The van der Waals surface area contributed by atoms with Gasteiger partial charge in [0.25, 0.3) is 0 Å². The lowest BCUT2D eigenvalue weighted by molar-refractivity contribution is -0.206. The van der Waals surface area contributed by atoms with Crippen LogP contribution in [-0.2, 0) is 9.47 Å². The van der Waals surface area contributed by atoms with Crippen LogP contribution in [0.25, 0.3) is 11.1 Å². The summed E-state index contributed by atoms with van der Waals surface area (Å²) in [4.78, 5) is 0. The zero-order valence-corrected chi connectivity index (χ0v) is 16.5. The molecular formula is C22H20F6O3. The van der Waals surface area contributed by atoms with Crippen molar-refractivity contribution in [1.82, 2.24) is 0 Å². The lowest BCUT2D eigenvalue weighted by Gasteiger charge is -2.29. The Kier molecular flexibility index (Phi) is 7.27. The van der Waals surface area contributed by atoms with Gasteiger partial charge < -0.3 is 14.2 Å². The zero-order valence-electron chi connectivity index (χ0n) is 16.5. The maximum Gasteiger partial charge on any atom is 0.412 e. The fraction of sp³-hybridized carbons (Fsp3) is 0.364. The molecule has 0 unspecified atom stereocenters. The first-order chi connectivity index (χ1) is 14.7. The van der Waals surface area contributed by atoms with Gasteiger partial charge in [-0.2, -0.15) is 13.2 Å². The van der Waals surface area contributed by atoms with Crippen LogP contribution in [0.5, 0.6) is 5.75 Å². The number of hydrogen-bond acceptors (Lipinski definition) is 3. The summed E-state index contributed by atoms with van der Waals surface area (Å²) in [6.07, 6.45) is -3.64. The van der Waals surface area contributed by atoms with Gasteiger partial charge in [-0.15, -0.1) is 0 Å². The van der Waals surface area contributed by atoms with E-state index in [2.05, 4.69) is 11.7 Å². The summed E-state index contributed by atoms with van der Waals surface area (Å²) in [6, 6.07) is 5.57. The Morgan fingerprint density at radius 3 is 2.19 bits per heavy atom.